The van der Waals surface area contributed by atoms with Gasteiger partial charge in [-0.2, -0.15) is 0 Å². The Hall–Kier alpha value is -3.07. The van der Waals surface area contributed by atoms with Crippen LogP contribution in [0.2, 0.25) is 0 Å². The highest BCUT2D eigenvalue weighted by Crippen LogP contribution is 2.48. The average Bonchev–Trinajstić information content (AvgIpc) is 3.22. The summed E-state index contributed by atoms with van der Waals surface area (Å²) in [7, 11) is -3.85. The van der Waals surface area contributed by atoms with Crippen LogP contribution in [0.5, 0.6) is 0 Å². The topological polar surface area (TPSA) is 87.2 Å². The van der Waals surface area contributed by atoms with E-state index >= 15 is 0 Å². The molecule has 2 aromatic carbocycles. The maximum Gasteiger partial charge on any atom is 0.410 e. The predicted octanol–water partition coefficient (Wildman–Crippen LogP) is 4.86. The molecule has 8 nitrogen and oxygen atoms in total. The normalized spacial score (nSPS) is 22.2. The van der Waals surface area contributed by atoms with Crippen molar-refractivity contribution in [1.82, 2.24) is 9.80 Å². The first-order valence-electron chi connectivity index (χ1n) is 13.5. The van der Waals surface area contributed by atoms with Crippen LogP contribution in [0.4, 0.5) is 10.5 Å². The van der Waals surface area contributed by atoms with Crippen molar-refractivity contribution in [2.24, 2.45) is 5.92 Å². The Labute approximate surface area is 225 Å². The molecule has 0 radical (unpaired) electrons. The van der Waals surface area contributed by atoms with Crippen LogP contribution in [-0.2, 0) is 14.8 Å². The van der Waals surface area contributed by atoms with Crippen molar-refractivity contribution in [2.45, 2.75) is 69.4 Å². The van der Waals surface area contributed by atoms with E-state index in [-0.39, 0.29) is 22.8 Å². The number of fused-ring (bicyclic) bond motifs is 3. The second-order valence-electron chi connectivity index (χ2n) is 11.8. The molecule has 0 saturated carbocycles. The molecular formula is C29H37N3O5S. The van der Waals surface area contributed by atoms with Crippen LogP contribution in [0.1, 0.15) is 68.8 Å². The molecule has 2 fully saturated rings. The van der Waals surface area contributed by atoms with E-state index in [1.54, 1.807) is 47.4 Å². The highest BCUT2D eigenvalue weighted by Gasteiger charge is 2.48. The number of benzene rings is 2. The Balaban J connectivity index is 1.51. The third-order valence-corrected chi connectivity index (χ3v) is 9.66. The summed E-state index contributed by atoms with van der Waals surface area (Å²) >= 11 is 0. The molecule has 9 heteroatoms. The van der Waals surface area contributed by atoms with Crippen molar-refractivity contribution >= 4 is 27.7 Å². The summed E-state index contributed by atoms with van der Waals surface area (Å²) < 4.78 is 34.9. The van der Waals surface area contributed by atoms with Crippen LogP contribution in [-0.4, -0.2) is 68.0 Å². The van der Waals surface area contributed by atoms with Crippen LogP contribution < -0.4 is 4.31 Å². The quantitative estimate of drug-likeness (QED) is 0.556. The van der Waals surface area contributed by atoms with E-state index in [9.17, 15) is 18.0 Å². The molecule has 0 spiro atoms. The number of nitrogens with zero attached hydrogens (tertiary/aromatic N) is 3. The van der Waals surface area contributed by atoms with Gasteiger partial charge in [0, 0.05) is 37.7 Å². The number of hydrogen-bond acceptors (Lipinski definition) is 5. The van der Waals surface area contributed by atoms with Gasteiger partial charge < -0.3 is 14.5 Å². The summed E-state index contributed by atoms with van der Waals surface area (Å²) in [5, 5.41) is 0. The highest BCUT2D eigenvalue weighted by atomic mass is 32.2. The zero-order valence-electron chi connectivity index (χ0n) is 22.6. The summed E-state index contributed by atoms with van der Waals surface area (Å²) in [6.45, 7) is 9.86. The third kappa shape index (κ3) is 5.00. The molecule has 0 bridgehead atoms. The van der Waals surface area contributed by atoms with Gasteiger partial charge in [0.25, 0.3) is 15.9 Å². The van der Waals surface area contributed by atoms with Crippen molar-refractivity contribution < 1.29 is 22.7 Å². The van der Waals surface area contributed by atoms with Crippen molar-refractivity contribution in [2.75, 3.05) is 30.5 Å². The van der Waals surface area contributed by atoms with Crippen molar-refractivity contribution in [3.8, 4) is 0 Å². The van der Waals surface area contributed by atoms with Crippen molar-refractivity contribution in [3.05, 3.63) is 59.7 Å². The van der Waals surface area contributed by atoms with E-state index in [0.717, 1.165) is 31.5 Å². The number of carbonyl (C=O) groups excluding carboxylic acids is 2. The van der Waals surface area contributed by atoms with E-state index in [2.05, 4.69) is 6.92 Å². The molecule has 2 atom stereocenters. The van der Waals surface area contributed by atoms with E-state index < -0.39 is 21.7 Å². The van der Waals surface area contributed by atoms with Gasteiger partial charge in [0.1, 0.15) is 5.60 Å². The van der Waals surface area contributed by atoms with Gasteiger partial charge in [0.2, 0.25) is 0 Å². The van der Waals surface area contributed by atoms with Gasteiger partial charge in [0.05, 0.1) is 16.6 Å². The third-order valence-electron chi connectivity index (χ3n) is 7.81. The second-order valence-corrected chi connectivity index (χ2v) is 13.6. The first-order chi connectivity index (χ1) is 18.0. The molecular weight excluding hydrogens is 502 g/mol. The molecule has 0 aromatic heterocycles. The maximum absolute atomic E-state index is 13.9. The van der Waals surface area contributed by atoms with Gasteiger partial charge in [0.15, 0.2) is 0 Å². The first-order valence-corrected chi connectivity index (χ1v) is 14.9. The van der Waals surface area contributed by atoms with Gasteiger partial charge in [-0.25, -0.2) is 13.2 Å². The van der Waals surface area contributed by atoms with E-state index in [1.807, 2.05) is 31.7 Å². The minimum absolute atomic E-state index is 0.0274. The number of hydrogen-bond donors (Lipinski definition) is 0. The van der Waals surface area contributed by atoms with Crippen molar-refractivity contribution in [3.63, 3.8) is 0 Å². The summed E-state index contributed by atoms with van der Waals surface area (Å²) in [6.07, 6.45) is 2.03. The molecule has 0 N–H and O–H groups in total. The average molecular weight is 540 g/mol. The van der Waals surface area contributed by atoms with Gasteiger partial charge in [-0.3, -0.25) is 9.10 Å². The van der Waals surface area contributed by atoms with Gasteiger partial charge in [-0.15, -0.1) is 0 Å². The van der Waals surface area contributed by atoms with Crippen LogP contribution in [0.3, 0.4) is 0 Å². The molecule has 3 heterocycles. The minimum Gasteiger partial charge on any atom is -0.444 e. The Kier molecular flexibility index (Phi) is 6.92. The van der Waals surface area contributed by atoms with Crippen molar-refractivity contribution in [1.29, 1.82) is 0 Å². The molecule has 5 rings (SSSR count). The largest absolute Gasteiger partial charge is 0.444 e. The fourth-order valence-electron chi connectivity index (χ4n) is 5.79. The monoisotopic (exact) mass is 539 g/mol. The molecule has 0 aliphatic carbocycles. The van der Waals surface area contributed by atoms with Gasteiger partial charge in [-0.1, -0.05) is 25.1 Å². The molecule has 3 aliphatic rings. The van der Waals surface area contributed by atoms with E-state index in [4.69, 9.17) is 4.74 Å². The fourth-order valence-corrected chi connectivity index (χ4v) is 7.55. The fraction of sp³-hybridized carbons (Fsp3) is 0.517. The van der Waals surface area contributed by atoms with Crippen LogP contribution >= 0.6 is 0 Å². The lowest BCUT2D eigenvalue weighted by Gasteiger charge is -2.38. The zero-order chi connectivity index (χ0) is 27.2. The number of likely N-dealkylation sites (tertiary alicyclic amines) is 2. The van der Waals surface area contributed by atoms with Gasteiger partial charge >= 0.3 is 6.09 Å². The lowest BCUT2D eigenvalue weighted by Crippen LogP contribution is -2.50. The van der Waals surface area contributed by atoms with Crippen LogP contribution in [0, 0.1) is 5.92 Å². The number of anilines is 1. The molecule has 2 unspecified atom stereocenters. The molecule has 2 saturated heterocycles. The Morgan fingerprint density at radius 2 is 1.58 bits per heavy atom. The molecule has 38 heavy (non-hydrogen) atoms. The van der Waals surface area contributed by atoms with E-state index in [1.165, 1.54) is 4.31 Å². The van der Waals surface area contributed by atoms with E-state index in [0.29, 0.717) is 36.7 Å². The number of rotatable bonds is 3. The molecule has 2 aromatic rings. The van der Waals surface area contributed by atoms with Gasteiger partial charge in [-0.05, 0) is 81.8 Å². The summed E-state index contributed by atoms with van der Waals surface area (Å²) in [5.41, 5.74) is 1.30. The number of ether oxygens (including phenoxy) is 1. The number of amides is 2. The predicted molar refractivity (Wildman–Crippen MR) is 146 cm³/mol. The standard InChI is InChI=1S/C29H37N3O5S/c1-20-12-15-30(16-13-20)27(33)21-10-11-25-23(18-21)24-19-31(28(34)37-29(2,3)4)17-14-26(24)32(25)38(35,36)22-8-6-5-7-9-22/h5-11,18,20,24,26H,12-17,19H2,1-4H3. The van der Waals surface area contributed by atoms with Crippen LogP contribution in [0.15, 0.2) is 53.4 Å². The highest BCUT2D eigenvalue weighted by molar-refractivity contribution is 7.92. The number of piperidine rings is 2. The summed E-state index contributed by atoms with van der Waals surface area (Å²) in [5.74, 6) is 0.317. The second kappa shape index (κ2) is 9.91. The summed E-state index contributed by atoms with van der Waals surface area (Å²) in [4.78, 5) is 30.1. The lowest BCUT2D eigenvalue weighted by atomic mass is 9.88. The van der Waals surface area contributed by atoms with Crippen LogP contribution in [0.25, 0.3) is 0 Å². The SMILES string of the molecule is CC1CCN(C(=O)c2ccc3c(c2)C2CN(C(=O)OC(C)(C)C)CCC2N3S(=O)(=O)c2ccccc2)CC1. The Morgan fingerprint density at radius 1 is 0.921 bits per heavy atom. The Morgan fingerprint density at radius 3 is 2.24 bits per heavy atom. The molecule has 2 amide bonds. The number of sulfonamides is 1. The first kappa shape index (κ1) is 26.5. The smallest absolute Gasteiger partial charge is 0.410 e. The minimum atomic E-state index is -3.85. The molecule has 204 valence electrons. The molecule has 3 aliphatic heterocycles. The number of carbonyl (C=O) groups is 2. The summed E-state index contributed by atoms with van der Waals surface area (Å²) in [6, 6.07) is 13.4. The lowest BCUT2D eigenvalue weighted by molar-refractivity contribution is 0.0192. The zero-order valence-corrected chi connectivity index (χ0v) is 23.4. The maximum atomic E-state index is 13.9. The Bertz CT molecular complexity index is 1310.